The van der Waals surface area contributed by atoms with Crippen LogP contribution in [0.2, 0.25) is 0 Å². The second kappa shape index (κ2) is 11.2. The molecule has 0 bridgehead atoms. The molecule has 1 saturated heterocycles. The molecule has 1 atom stereocenters. The summed E-state index contributed by atoms with van der Waals surface area (Å²) in [5.74, 6) is 0.430. The Morgan fingerprint density at radius 2 is 1.75 bits per heavy atom. The Morgan fingerprint density at radius 3 is 2.53 bits per heavy atom. The molecule has 1 N–H and O–H groups in total. The van der Waals surface area contributed by atoms with Crippen molar-refractivity contribution in [3.8, 4) is 0 Å². The fourth-order valence-corrected chi connectivity index (χ4v) is 5.59. The zero-order valence-corrected chi connectivity index (χ0v) is 21.3. The Morgan fingerprint density at radius 1 is 1.00 bits per heavy atom. The molecule has 2 fully saturated rings. The Kier molecular flexibility index (Phi) is 7.63. The van der Waals surface area contributed by atoms with Crippen LogP contribution in [0.3, 0.4) is 0 Å². The standard InChI is InChI=1S/C29H37N5O2/c1-21-13-15-22(16-14-21)19-34-26-25(12-7-17-30-26)32-27(29(34)36)33-18-8-9-23(20-33)28(35)31-24-10-5-3-2-4-6-11-24/h7,12-17,23-24H,2-6,8-11,18-20H2,1H3,(H,31,35)/t23-/m0/s1. The van der Waals surface area contributed by atoms with Crippen molar-refractivity contribution in [1.82, 2.24) is 19.9 Å². The number of carbonyl (C=O) groups excluding carboxylic acids is 1. The second-order valence-electron chi connectivity index (χ2n) is 10.5. The van der Waals surface area contributed by atoms with E-state index in [1.165, 1.54) is 37.7 Å². The molecule has 7 nitrogen and oxygen atoms in total. The summed E-state index contributed by atoms with van der Waals surface area (Å²) < 4.78 is 1.72. The van der Waals surface area contributed by atoms with Crippen molar-refractivity contribution in [2.45, 2.75) is 77.3 Å². The average Bonchev–Trinajstić information content (AvgIpc) is 2.88. The van der Waals surface area contributed by atoms with E-state index in [9.17, 15) is 9.59 Å². The van der Waals surface area contributed by atoms with Crippen LogP contribution < -0.4 is 15.8 Å². The van der Waals surface area contributed by atoms with Gasteiger partial charge in [-0.15, -0.1) is 0 Å². The Labute approximate surface area is 212 Å². The lowest BCUT2D eigenvalue weighted by Crippen LogP contribution is -2.47. The Hall–Kier alpha value is -3.22. The first-order chi connectivity index (χ1) is 17.6. The van der Waals surface area contributed by atoms with Gasteiger partial charge in [0.1, 0.15) is 5.52 Å². The highest BCUT2D eigenvalue weighted by atomic mass is 16.2. The molecule has 1 amide bonds. The van der Waals surface area contributed by atoms with Crippen LogP contribution in [0.1, 0.15) is 68.9 Å². The van der Waals surface area contributed by atoms with Gasteiger partial charge in [-0.2, -0.15) is 0 Å². The van der Waals surface area contributed by atoms with Crippen molar-refractivity contribution in [2.24, 2.45) is 5.92 Å². The van der Waals surface area contributed by atoms with Gasteiger partial charge in [0.15, 0.2) is 11.5 Å². The monoisotopic (exact) mass is 487 g/mol. The quantitative estimate of drug-likeness (QED) is 0.569. The highest BCUT2D eigenvalue weighted by Crippen LogP contribution is 2.23. The molecule has 0 unspecified atom stereocenters. The van der Waals surface area contributed by atoms with E-state index in [0.29, 0.717) is 30.1 Å². The molecule has 1 aromatic carbocycles. The van der Waals surface area contributed by atoms with E-state index in [0.717, 1.165) is 37.8 Å². The molecule has 3 aromatic rings. The van der Waals surface area contributed by atoms with Crippen LogP contribution >= 0.6 is 0 Å². The lowest BCUT2D eigenvalue weighted by atomic mass is 9.94. The molecule has 36 heavy (non-hydrogen) atoms. The zero-order chi connectivity index (χ0) is 24.9. The van der Waals surface area contributed by atoms with Crippen molar-refractivity contribution < 1.29 is 4.79 Å². The molecule has 1 aliphatic heterocycles. The third-order valence-electron chi connectivity index (χ3n) is 7.69. The molecular formula is C29H37N5O2. The van der Waals surface area contributed by atoms with Crippen molar-refractivity contribution in [2.75, 3.05) is 18.0 Å². The Balaban J connectivity index is 1.38. The van der Waals surface area contributed by atoms with Crippen molar-refractivity contribution >= 4 is 22.9 Å². The van der Waals surface area contributed by atoms with Gasteiger partial charge in [0, 0.05) is 25.3 Å². The normalized spacial score (nSPS) is 19.6. The molecule has 7 heteroatoms. The number of piperidine rings is 1. The third-order valence-corrected chi connectivity index (χ3v) is 7.69. The summed E-state index contributed by atoms with van der Waals surface area (Å²) in [5, 5.41) is 3.34. The number of nitrogens with one attached hydrogen (secondary N) is 1. The molecule has 1 saturated carbocycles. The summed E-state index contributed by atoms with van der Waals surface area (Å²) in [6.07, 6.45) is 11.8. The number of amides is 1. The summed E-state index contributed by atoms with van der Waals surface area (Å²) in [6.45, 7) is 3.74. The van der Waals surface area contributed by atoms with E-state index in [-0.39, 0.29) is 23.4 Å². The van der Waals surface area contributed by atoms with Gasteiger partial charge in [-0.05, 0) is 50.3 Å². The number of carbonyl (C=O) groups is 1. The first kappa shape index (κ1) is 24.5. The van der Waals surface area contributed by atoms with Gasteiger partial charge in [0.05, 0.1) is 12.5 Å². The third kappa shape index (κ3) is 5.61. The van der Waals surface area contributed by atoms with Crippen LogP contribution in [0.4, 0.5) is 5.82 Å². The largest absolute Gasteiger partial charge is 0.353 e. The van der Waals surface area contributed by atoms with E-state index in [4.69, 9.17) is 4.98 Å². The highest BCUT2D eigenvalue weighted by molar-refractivity contribution is 5.80. The molecule has 2 aliphatic rings. The first-order valence-corrected chi connectivity index (χ1v) is 13.5. The van der Waals surface area contributed by atoms with E-state index < -0.39 is 0 Å². The summed E-state index contributed by atoms with van der Waals surface area (Å²) in [7, 11) is 0. The molecule has 190 valence electrons. The number of nitrogens with zero attached hydrogens (tertiary/aromatic N) is 4. The molecule has 2 aromatic heterocycles. The minimum Gasteiger partial charge on any atom is -0.353 e. The van der Waals surface area contributed by atoms with Gasteiger partial charge < -0.3 is 10.2 Å². The molecule has 0 spiro atoms. The summed E-state index contributed by atoms with van der Waals surface area (Å²) in [6, 6.07) is 12.2. The van der Waals surface area contributed by atoms with E-state index in [1.807, 2.05) is 29.2 Å². The molecule has 0 radical (unpaired) electrons. The first-order valence-electron chi connectivity index (χ1n) is 13.5. The maximum Gasteiger partial charge on any atom is 0.295 e. The van der Waals surface area contributed by atoms with Gasteiger partial charge in [-0.3, -0.25) is 14.2 Å². The predicted molar refractivity (Wildman–Crippen MR) is 143 cm³/mol. The fourth-order valence-electron chi connectivity index (χ4n) is 5.59. The van der Waals surface area contributed by atoms with Crippen LogP contribution in [0.5, 0.6) is 0 Å². The van der Waals surface area contributed by atoms with Gasteiger partial charge in [-0.25, -0.2) is 9.97 Å². The van der Waals surface area contributed by atoms with Crippen molar-refractivity contribution in [3.63, 3.8) is 0 Å². The van der Waals surface area contributed by atoms with Gasteiger partial charge >= 0.3 is 0 Å². The second-order valence-corrected chi connectivity index (χ2v) is 10.5. The summed E-state index contributed by atoms with van der Waals surface area (Å²) in [4.78, 5) is 38.2. The lowest BCUT2D eigenvalue weighted by Gasteiger charge is -2.33. The van der Waals surface area contributed by atoms with Gasteiger partial charge in [-0.1, -0.05) is 61.9 Å². The Bertz CT molecular complexity index is 1240. The van der Waals surface area contributed by atoms with Crippen LogP contribution in [0.15, 0.2) is 47.4 Å². The maximum absolute atomic E-state index is 13.7. The lowest BCUT2D eigenvalue weighted by molar-refractivity contribution is -0.126. The van der Waals surface area contributed by atoms with Gasteiger partial charge in [0.25, 0.3) is 5.56 Å². The number of benzene rings is 1. The van der Waals surface area contributed by atoms with Gasteiger partial charge in [0.2, 0.25) is 5.91 Å². The summed E-state index contributed by atoms with van der Waals surface area (Å²) >= 11 is 0. The molecule has 3 heterocycles. The fraction of sp³-hybridized carbons (Fsp3) is 0.517. The number of pyridine rings is 1. The van der Waals surface area contributed by atoms with Crippen LogP contribution in [-0.4, -0.2) is 39.6 Å². The average molecular weight is 488 g/mol. The molecule has 1 aliphatic carbocycles. The van der Waals surface area contributed by atoms with Crippen LogP contribution in [-0.2, 0) is 11.3 Å². The topological polar surface area (TPSA) is 80.1 Å². The van der Waals surface area contributed by atoms with E-state index >= 15 is 0 Å². The zero-order valence-electron chi connectivity index (χ0n) is 21.3. The van der Waals surface area contributed by atoms with Crippen LogP contribution in [0, 0.1) is 12.8 Å². The SMILES string of the molecule is Cc1ccc(Cn2c(=O)c(N3CCC[C@H](C(=O)NC4CCCCCCC4)C3)nc3cccnc32)cc1. The van der Waals surface area contributed by atoms with Crippen molar-refractivity contribution in [1.29, 1.82) is 0 Å². The highest BCUT2D eigenvalue weighted by Gasteiger charge is 2.30. The number of aryl methyl sites for hydroxylation is 1. The number of rotatable bonds is 5. The van der Waals surface area contributed by atoms with Crippen LogP contribution in [0.25, 0.3) is 11.2 Å². The van der Waals surface area contributed by atoms with E-state index in [2.05, 4.69) is 29.4 Å². The van der Waals surface area contributed by atoms with E-state index in [1.54, 1.807) is 10.8 Å². The number of fused-ring (bicyclic) bond motifs is 1. The van der Waals surface area contributed by atoms with Crippen molar-refractivity contribution in [3.05, 3.63) is 64.1 Å². The maximum atomic E-state index is 13.7. The number of aromatic nitrogens is 3. The smallest absolute Gasteiger partial charge is 0.295 e. The summed E-state index contributed by atoms with van der Waals surface area (Å²) in [5.41, 5.74) is 3.36. The minimum atomic E-state index is -0.150. The number of hydrogen-bond acceptors (Lipinski definition) is 5. The minimum absolute atomic E-state index is 0.125. The molecular weight excluding hydrogens is 450 g/mol. The number of hydrogen-bond donors (Lipinski definition) is 1. The predicted octanol–water partition coefficient (Wildman–Crippen LogP) is 4.59. The molecule has 5 rings (SSSR count). The number of anilines is 1.